The van der Waals surface area contributed by atoms with Gasteiger partial charge in [0.25, 0.3) is 0 Å². The highest BCUT2D eigenvalue weighted by Gasteiger charge is 2.30. The summed E-state index contributed by atoms with van der Waals surface area (Å²) in [6, 6.07) is 5.51. The second kappa shape index (κ2) is 6.64. The van der Waals surface area contributed by atoms with E-state index in [-0.39, 0.29) is 0 Å². The first-order valence-electron chi connectivity index (χ1n) is 5.78. The van der Waals surface area contributed by atoms with Gasteiger partial charge in [-0.05, 0) is 37.8 Å². The Morgan fingerprint density at radius 2 is 1.94 bits per heavy atom. The molecule has 0 N–H and O–H groups in total. The maximum Gasteiger partial charge on any atom is 0.416 e. The molecule has 0 amide bonds. The van der Waals surface area contributed by atoms with Crippen LogP contribution in [0, 0.1) is 0 Å². The van der Waals surface area contributed by atoms with E-state index in [2.05, 4.69) is 0 Å². The summed E-state index contributed by atoms with van der Waals surface area (Å²) in [5, 5.41) is 0. The van der Waals surface area contributed by atoms with Crippen molar-refractivity contribution in [3.63, 3.8) is 0 Å². The van der Waals surface area contributed by atoms with Crippen LogP contribution in [0.4, 0.5) is 13.2 Å². The number of alkyl halides is 3. The number of hydrogen-bond acceptors (Lipinski definition) is 1. The Morgan fingerprint density at radius 1 is 1.18 bits per heavy atom. The fourth-order valence-electron chi connectivity index (χ4n) is 1.58. The van der Waals surface area contributed by atoms with Gasteiger partial charge in [-0.15, -0.1) is 0 Å². The SMILES string of the molecule is CCOCCCCc1cccc(C(F)(F)F)c1. The van der Waals surface area contributed by atoms with Gasteiger partial charge in [-0.2, -0.15) is 13.2 Å². The fourth-order valence-corrected chi connectivity index (χ4v) is 1.58. The summed E-state index contributed by atoms with van der Waals surface area (Å²) in [6.07, 6.45) is -1.86. The van der Waals surface area contributed by atoms with Gasteiger partial charge in [-0.1, -0.05) is 18.2 Å². The lowest BCUT2D eigenvalue weighted by atomic mass is 10.1. The van der Waals surface area contributed by atoms with Crippen molar-refractivity contribution in [2.45, 2.75) is 32.4 Å². The predicted molar refractivity (Wildman–Crippen MR) is 60.9 cm³/mol. The van der Waals surface area contributed by atoms with E-state index in [0.29, 0.717) is 19.6 Å². The molecule has 0 aliphatic carbocycles. The normalized spacial score (nSPS) is 11.8. The molecule has 0 bridgehead atoms. The molecule has 1 rings (SSSR count). The van der Waals surface area contributed by atoms with E-state index in [1.807, 2.05) is 6.92 Å². The van der Waals surface area contributed by atoms with Gasteiger partial charge < -0.3 is 4.74 Å². The zero-order valence-electron chi connectivity index (χ0n) is 9.89. The van der Waals surface area contributed by atoms with E-state index in [9.17, 15) is 13.2 Å². The van der Waals surface area contributed by atoms with Crippen molar-refractivity contribution < 1.29 is 17.9 Å². The maximum absolute atomic E-state index is 12.4. The molecule has 1 nitrogen and oxygen atoms in total. The third kappa shape index (κ3) is 5.22. The molecule has 0 aliphatic heterocycles. The van der Waals surface area contributed by atoms with Gasteiger partial charge >= 0.3 is 6.18 Å². The summed E-state index contributed by atoms with van der Waals surface area (Å²) in [4.78, 5) is 0. The summed E-state index contributed by atoms with van der Waals surface area (Å²) < 4.78 is 42.5. The van der Waals surface area contributed by atoms with E-state index in [1.165, 1.54) is 12.1 Å². The van der Waals surface area contributed by atoms with Crippen molar-refractivity contribution in [1.82, 2.24) is 0 Å². The van der Waals surface area contributed by atoms with Crippen LogP contribution in [0.1, 0.15) is 30.9 Å². The summed E-state index contributed by atoms with van der Waals surface area (Å²) in [5.41, 5.74) is 0.163. The van der Waals surface area contributed by atoms with E-state index in [4.69, 9.17) is 4.74 Å². The summed E-state index contributed by atoms with van der Waals surface area (Å²) in [6.45, 7) is 3.28. The Morgan fingerprint density at radius 3 is 2.59 bits per heavy atom. The second-order valence-electron chi connectivity index (χ2n) is 3.85. The van der Waals surface area contributed by atoms with Crippen LogP contribution in [0.2, 0.25) is 0 Å². The number of rotatable bonds is 6. The molecule has 0 fully saturated rings. The number of ether oxygens (including phenoxy) is 1. The molecule has 0 spiro atoms. The Bertz CT molecular complexity index is 334. The van der Waals surface area contributed by atoms with Crippen LogP contribution in [0.3, 0.4) is 0 Å². The molecule has 0 atom stereocenters. The molecule has 0 saturated heterocycles. The molecule has 1 aromatic carbocycles. The molecule has 0 saturated carbocycles. The summed E-state index contributed by atoms with van der Waals surface area (Å²) in [5.74, 6) is 0. The van der Waals surface area contributed by atoms with Gasteiger partial charge in [0.1, 0.15) is 0 Å². The van der Waals surface area contributed by atoms with Crippen LogP contribution in [0.25, 0.3) is 0 Å². The van der Waals surface area contributed by atoms with Crippen molar-refractivity contribution >= 4 is 0 Å². The van der Waals surface area contributed by atoms with E-state index in [1.54, 1.807) is 6.07 Å². The van der Waals surface area contributed by atoms with E-state index in [0.717, 1.165) is 24.5 Å². The van der Waals surface area contributed by atoms with Gasteiger partial charge in [0.2, 0.25) is 0 Å². The van der Waals surface area contributed by atoms with Gasteiger partial charge in [0.05, 0.1) is 5.56 Å². The van der Waals surface area contributed by atoms with Crippen molar-refractivity contribution in [2.24, 2.45) is 0 Å². The van der Waals surface area contributed by atoms with Gasteiger partial charge in [-0.25, -0.2) is 0 Å². The first-order valence-corrected chi connectivity index (χ1v) is 5.78. The highest BCUT2D eigenvalue weighted by atomic mass is 19.4. The molecule has 0 aliphatic rings. The van der Waals surface area contributed by atoms with Crippen LogP contribution < -0.4 is 0 Å². The first kappa shape index (κ1) is 14.0. The van der Waals surface area contributed by atoms with Crippen molar-refractivity contribution in [2.75, 3.05) is 13.2 Å². The Hall–Kier alpha value is -1.03. The predicted octanol–water partition coefficient (Wildman–Crippen LogP) is 4.06. The Kier molecular flexibility index (Phi) is 5.48. The van der Waals surface area contributed by atoms with Crippen LogP contribution in [-0.2, 0) is 17.3 Å². The molecule has 0 heterocycles. The lowest BCUT2D eigenvalue weighted by Gasteiger charge is -2.08. The summed E-state index contributed by atoms with van der Waals surface area (Å²) in [7, 11) is 0. The van der Waals surface area contributed by atoms with Crippen LogP contribution in [0.15, 0.2) is 24.3 Å². The summed E-state index contributed by atoms with van der Waals surface area (Å²) >= 11 is 0. The molecule has 0 unspecified atom stereocenters. The smallest absolute Gasteiger partial charge is 0.382 e. The third-order valence-electron chi connectivity index (χ3n) is 2.46. The molecule has 4 heteroatoms. The highest BCUT2D eigenvalue weighted by molar-refractivity contribution is 5.25. The molecule has 0 radical (unpaired) electrons. The Balaban J connectivity index is 2.44. The second-order valence-corrected chi connectivity index (χ2v) is 3.85. The molecule has 96 valence electrons. The largest absolute Gasteiger partial charge is 0.416 e. The lowest BCUT2D eigenvalue weighted by Crippen LogP contribution is -2.05. The average Bonchev–Trinajstić information content (AvgIpc) is 2.28. The van der Waals surface area contributed by atoms with Gasteiger partial charge in [0, 0.05) is 13.2 Å². The van der Waals surface area contributed by atoms with Crippen molar-refractivity contribution in [3.8, 4) is 0 Å². The lowest BCUT2D eigenvalue weighted by molar-refractivity contribution is -0.137. The molecular formula is C13H17F3O. The average molecular weight is 246 g/mol. The molecule has 1 aromatic rings. The molecule has 0 aromatic heterocycles. The monoisotopic (exact) mass is 246 g/mol. The third-order valence-corrected chi connectivity index (χ3v) is 2.46. The maximum atomic E-state index is 12.4. The van der Waals surface area contributed by atoms with Gasteiger partial charge in [0.15, 0.2) is 0 Å². The van der Waals surface area contributed by atoms with Crippen LogP contribution in [0.5, 0.6) is 0 Å². The number of unbranched alkanes of at least 4 members (excludes halogenated alkanes) is 1. The quantitative estimate of drug-likeness (QED) is 0.688. The van der Waals surface area contributed by atoms with E-state index >= 15 is 0 Å². The highest BCUT2D eigenvalue weighted by Crippen LogP contribution is 2.29. The topological polar surface area (TPSA) is 9.23 Å². The van der Waals surface area contributed by atoms with Crippen molar-refractivity contribution in [1.29, 1.82) is 0 Å². The number of aryl methyl sites for hydroxylation is 1. The number of hydrogen-bond donors (Lipinski definition) is 0. The fraction of sp³-hybridized carbons (Fsp3) is 0.538. The van der Waals surface area contributed by atoms with E-state index < -0.39 is 11.7 Å². The van der Waals surface area contributed by atoms with Crippen LogP contribution >= 0.6 is 0 Å². The first-order chi connectivity index (χ1) is 8.04. The standard InChI is InChI=1S/C13H17F3O/c1-2-17-9-4-3-6-11-7-5-8-12(10-11)13(14,15)16/h5,7-8,10H,2-4,6,9H2,1H3. The van der Waals surface area contributed by atoms with Crippen LogP contribution in [-0.4, -0.2) is 13.2 Å². The number of benzene rings is 1. The minimum absolute atomic E-state index is 0.570. The zero-order chi connectivity index (χ0) is 12.7. The minimum atomic E-state index is -4.25. The minimum Gasteiger partial charge on any atom is -0.382 e. The number of halogens is 3. The van der Waals surface area contributed by atoms with Gasteiger partial charge in [-0.3, -0.25) is 0 Å². The Labute approximate surface area is 99.6 Å². The van der Waals surface area contributed by atoms with Crippen molar-refractivity contribution in [3.05, 3.63) is 35.4 Å². The molecular weight excluding hydrogens is 229 g/mol. The zero-order valence-corrected chi connectivity index (χ0v) is 9.89. The molecule has 17 heavy (non-hydrogen) atoms.